The number of alkyl halides is 9. The van der Waals surface area contributed by atoms with Crippen LogP contribution in [0.5, 0.6) is 0 Å². The molecule has 320 valence electrons. The lowest BCUT2D eigenvalue weighted by atomic mass is 10.1. The summed E-state index contributed by atoms with van der Waals surface area (Å²) in [5, 5.41) is 9.21. The first-order chi connectivity index (χ1) is 27.7. The van der Waals surface area contributed by atoms with Gasteiger partial charge < -0.3 is 21.3 Å². The van der Waals surface area contributed by atoms with Gasteiger partial charge in [0.15, 0.2) is 0 Å². The molecule has 2 aromatic carbocycles. The Bertz CT molecular complexity index is 2220. The lowest BCUT2D eigenvalue weighted by Gasteiger charge is -2.37. The van der Waals surface area contributed by atoms with Crippen LogP contribution in [0.3, 0.4) is 0 Å². The number of carbonyl (C=O) groups excluding carboxylic acids is 1. The zero-order valence-corrected chi connectivity index (χ0v) is 31.9. The molecule has 4 N–H and O–H groups in total. The minimum Gasteiger partial charge on any atom is -0.385 e. The van der Waals surface area contributed by atoms with Crippen molar-refractivity contribution in [1.29, 1.82) is 0 Å². The molecule has 0 saturated carbocycles. The minimum absolute atomic E-state index is 0.0253. The highest BCUT2D eigenvalue weighted by Gasteiger charge is 2.38. The maximum absolute atomic E-state index is 14.1. The van der Waals surface area contributed by atoms with E-state index in [1.807, 2.05) is 4.90 Å². The maximum Gasteiger partial charge on any atom is 0.419 e. The van der Waals surface area contributed by atoms with Crippen LogP contribution in [0, 0.1) is 0 Å². The summed E-state index contributed by atoms with van der Waals surface area (Å²) in [6, 6.07) is 9.83. The fourth-order valence-corrected chi connectivity index (χ4v) is 8.44. The number of hydrogen-bond donors (Lipinski definition) is 3. The van der Waals surface area contributed by atoms with E-state index >= 15 is 0 Å². The lowest BCUT2D eigenvalue weighted by molar-refractivity contribution is -0.142. The van der Waals surface area contributed by atoms with E-state index in [1.165, 1.54) is 22.5 Å². The van der Waals surface area contributed by atoms with Gasteiger partial charge in [-0.15, -0.1) is 0 Å². The number of primary amides is 1. The number of hydrogen-bond acceptors (Lipinski definition) is 10. The second-order valence-corrected chi connectivity index (χ2v) is 16.0. The Hall–Kier alpha value is -5.16. The number of carbonyl (C=O) groups is 1. The van der Waals surface area contributed by atoms with Gasteiger partial charge in [0.2, 0.25) is 21.9 Å². The molecule has 0 spiro atoms. The van der Waals surface area contributed by atoms with E-state index in [0.29, 0.717) is 36.1 Å². The largest absolute Gasteiger partial charge is 0.419 e. The number of sulfonamides is 1. The van der Waals surface area contributed by atoms with Crippen LogP contribution in [-0.2, 0) is 40.3 Å². The third-order valence-corrected chi connectivity index (χ3v) is 11.7. The third kappa shape index (κ3) is 11.1. The summed E-state index contributed by atoms with van der Waals surface area (Å²) >= 11 is 0. The van der Waals surface area contributed by atoms with Gasteiger partial charge in [0, 0.05) is 94.2 Å². The zero-order chi connectivity index (χ0) is 42.8. The summed E-state index contributed by atoms with van der Waals surface area (Å²) in [5.74, 6) is -0.807. The van der Waals surface area contributed by atoms with Crippen LogP contribution in [0.25, 0.3) is 11.3 Å². The van der Waals surface area contributed by atoms with Crippen LogP contribution in [0.2, 0.25) is 0 Å². The predicted octanol–water partition coefficient (Wildman–Crippen LogP) is 5.81. The highest BCUT2D eigenvalue weighted by Crippen LogP contribution is 2.39. The molecule has 0 bridgehead atoms. The molecule has 0 aliphatic carbocycles. The quantitative estimate of drug-likeness (QED) is 0.140. The van der Waals surface area contributed by atoms with E-state index in [2.05, 4.69) is 25.7 Å². The van der Waals surface area contributed by atoms with Gasteiger partial charge in [-0.05, 0) is 48.7 Å². The molecular formula is C36H39F9N10O3S. The van der Waals surface area contributed by atoms with E-state index in [9.17, 15) is 52.7 Å². The van der Waals surface area contributed by atoms with E-state index < -0.39 is 63.9 Å². The van der Waals surface area contributed by atoms with Gasteiger partial charge in [-0.3, -0.25) is 14.4 Å². The van der Waals surface area contributed by atoms with Gasteiger partial charge in [-0.1, -0.05) is 12.1 Å². The number of nitrogens with one attached hydrogen (secondary N) is 2. The number of rotatable bonds is 13. The van der Waals surface area contributed by atoms with Gasteiger partial charge in [0.25, 0.3) is 0 Å². The number of anilines is 3. The molecule has 2 aromatic heterocycles. The minimum atomic E-state index is -4.92. The molecule has 0 atom stereocenters. The van der Waals surface area contributed by atoms with Crippen LogP contribution < -0.4 is 21.3 Å². The van der Waals surface area contributed by atoms with Crippen molar-refractivity contribution >= 4 is 33.3 Å². The van der Waals surface area contributed by atoms with Crippen molar-refractivity contribution in [2.75, 3.05) is 61.3 Å². The van der Waals surface area contributed by atoms with Crippen LogP contribution in [-0.4, -0.2) is 101 Å². The Morgan fingerprint density at radius 2 is 1.56 bits per heavy atom. The molecule has 2 aliphatic heterocycles. The van der Waals surface area contributed by atoms with Crippen molar-refractivity contribution in [3.05, 3.63) is 77.7 Å². The monoisotopic (exact) mass is 862 g/mol. The number of halogens is 9. The van der Waals surface area contributed by atoms with E-state index in [-0.39, 0.29) is 79.8 Å². The number of aromatic nitrogens is 4. The highest BCUT2D eigenvalue weighted by atomic mass is 32.2. The number of benzene rings is 2. The molecule has 4 aromatic rings. The number of nitrogens with zero attached hydrogens (tertiary/aromatic N) is 7. The molecule has 59 heavy (non-hydrogen) atoms. The summed E-state index contributed by atoms with van der Waals surface area (Å²) in [6.07, 6.45) is -11.6. The SMILES string of the molecule is NC(=O)CCNc1ccc(N2CCN(Cc3cccc(S(=O)(=O)N4CCC(Nc5ncc(C(F)(F)F)c(-c6cnn(CC(F)(F)F)c6)n5)CC4)c3)CC2)c(C(F)(F)F)c1. The Kier molecular flexibility index (Phi) is 12.7. The second kappa shape index (κ2) is 17.2. The van der Waals surface area contributed by atoms with E-state index in [0.717, 1.165) is 18.5 Å². The van der Waals surface area contributed by atoms with Crippen molar-refractivity contribution in [3.63, 3.8) is 0 Å². The van der Waals surface area contributed by atoms with Gasteiger partial charge in [-0.2, -0.15) is 48.9 Å². The van der Waals surface area contributed by atoms with Crippen molar-refractivity contribution < 1.29 is 52.7 Å². The fourth-order valence-electron chi connectivity index (χ4n) is 6.90. The molecule has 6 rings (SSSR count). The molecular weight excluding hydrogens is 824 g/mol. The third-order valence-electron chi connectivity index (χ3n) is 9.79. The highest BCUT2D eigenvalue weighted by molar-refractivity contribution is 7.89. The Morgan fingerprint density at radius 3 is 2.20 bits per heavy atom. The van der Waals surface area contributed by atoms with Crippen molar-refractivity contribution in [3.8, 4) is 11.3 Å². The number of piperazine rings is 1. The van der Waals surface area contributed by atoms with Gasteiger partial charge >= 0.3 is 18.5 Å². The lowest BCUT2D eigenvalue weighted by Crippen LogP contribution is -2.46. The second-order valence-electron chi connectivity index (χ2n) is 14.1. The summed E-state index contributed by atoms with van der Waals surface area (Å²) in [4.78, 5) is 22.4. The summed E-state index contributed by atoms with van der Waals surface area (Å²) in [6.45, 7) is 0.393. The smallest absolute Gasteiger partial charge is 0.385 e. The fraction of sp³-hybridized carbons (Fsp3) is 0.444. The first-order valence-electron chi connectivity index (χ1n) is 18.3. The van der Waals surface area contributed by atoms with Crippen LogP contribution in [0.4, 0.5) is 56.8 Å². The topological polar surface area (TPSA) is 155 Å². The molecule has 2 saturated heterocycles. The average molecular weight is 863 g/mol. The molecule has 0 radical (unpaired) electrons. The van der Waals surface area contributed by atoms with Gasteiger partial charge in [-0.25, -0.2) is 18.4 Å². The summed E-state index contributed by atoms with van der Waals surface area (Å²) in [7, 11) is -3.98. The van der Waals surface area contributed by atoms with Crippen LogP contribution in [0.15, 0.2) is 66.0 Å². The Morgan fingerprint density at radius 1 is 0.864 bits per heavy atom. The van der Waals surface area contributed by atoms with Crippen LogP contribution >= 0.6 is 0 Å². The molecule has 2 aliphatic rings. The maximum atomic E-state index is 14.1. The summed E-state index contributed by atoms with van der Waals surface area (Å²) in [5.41, 5.74) is 2.97. The Balaban J connectivity index is 1.05. The van der Waals surface area contributed by atoms with E-state index in [4.69, 9.17) is 5.73 Å². The van der Waals surface area contributed by atoms with Crippen LogP contribution in [0.1, 0.15) is 36.0 Å². The predicted molar refractivity (Wildman–Crippen MR) is 197 cm³/mol. The number of nitrogens with two attached hydrogens (primary N) is 1. The van der Waals surface area contributed by atoms with Crippen molar-refractivity contribution in [2.45, 2.75) is 61.8 Å². The molecule has 1 amide bonds. The zero-order valence-electron chi connectivity index (χ0n) is 31.1. The molecule has 0 unspecified atom stereocenters. The summed E-state index contributed by atoms with van der Waals surface area (Å²) < 4.78 is 151. The first-order valence-corrected chi connectivity index (χ1v) is 19.7. The van der Waals surface area contributed by atoms with E-state index in [1.54, 1.807) is 23.1 Å². The van der Waals surface area contributed by atoms with Gasteiger partial charge in [0.1, 0.15) is 12.1 Å². The molecule has 13 nitrogen and oxygen atoms in total. The standard InChI is InChI=1S/C36H39F9N10O3S/c37-34(38,39)22-54-21-24(18-49-54)32-29(36(43,44)45)19-48-33(51-32)50-25-7-10-55(11-8-25)59(57,58)27-3-1-2-23(16-27)20-52-12-14-53(15-13-52)30-5-4-26(47-9-6-31(46)56)17-28(30)35(40,41)42/h1-5,16-19,21,25,47H,6-15,20,22H2,(H2,46,56)(H,48,50,51). The molecule has 2 fully saturated rings. The van der Waals surface area contributed by atoms with Crippen molar-refractivity contribution in [2.24, 2.45) is 5.73 Å². The van der Waals surface area contributed by atoms with Gasteiger partial charge in [0.05, 0.1) is 22.3 Å². The molecule has 4 heterocycles. The number of piperidine rings is 1. The normalized spacial score (nSPS) is 16.7. The van der Waals surface area contributed by atoms with Crippen molar-refractivity contribution in [1.82, 2.24) is 29.0 Å². The first kappa shape index (κ1) is 43.4. The average Bonchev–Trinajstić information content (AvgIpc) is 3.61. The molecule has 23 heteroatoms. The Labute approximate surface area is 332 Å². The number of amides is 1.